The topological polar surface area (TPSA) is 43.1 Å². The third kappa shape index (κ3) is 2.13. The van der Waals surface area contributed by atoms with Crippen LogP contribution in [0.3, 0.4) is 0 Å². The predicted octanol–water partition coefficient (Wildman–Crippen LogP) is 4.62. The molecule has 0 bridgehead atoms. The summed E-state index contributed by atoms with van der Waals surface area (Å²) < 4.78 is 15.2. The molecule has 2 aromatic carbocycles. The first kappa shape index (κ1) is 13.3. The second-order valence-corrected chi connectivity index (χ2v) is 6.06. The Bertz CT molecular complexity index is 828. The van der Waals surface area contributed by atoms with Crippen LogP contribution in [0.15, 0.2) is 46.3 Å². The van der Waals surface area contributed by atoms with E-state index >= 15 is 0 Å². The van der Waals surface area contributed by atoms with Crippen molar-refractivity contribution in [3.8, 4) is 0 Å². The summed E-state index contributed by atoms with van der Waals surface area (Å²) in [6.07, 6.45) is 0. The Morgan fingerprint density at radius 1 is 1.20 bits per heavy atom. The van der Waals surface area contributed by atoms with Gasteiger partial charge in [0.25, 0.3) is 0 Å². The Labute approximate surface area is 127 Å². The van der Waals surface area contributed by atoms with Crippen molar-refractivity contribution < 1.29 is 9.18 Å². The number of benzene rings is 2. The van der Waals surface area contributed by atoms with Crippen LogP contribution in [0.1, 0.15) is 15.9 Å². The highest BCUT2D eigenvalue weighted by Gasteiger charge is 2.18. The summed E-state index contributed by atoms with van der Waals surface area (Å²) in [5, 5.41) is 2.63. The minimum atomic E-state index is -0.469. The van der Waals surface area contributed by atoms with E-state index in [-0.39, 0.29) is 17.0 Å². The Morgan fingerprint density at radius 2 is 2.00 bits per heavy atom. The van der Waals surface area contributed by atoms with E-state index in [1.165, 1.54) is 29.5 Å². The van der Waals surface area contributed by atoms with E-state index in [9.17, 15) is 9.18 Å². The van der Waals surface area contributed by atoms with Gasteiger partial charge in [0.2, 0.25) is 0 Å². The first-order valence-electron chi connectivity index (χ1n) is 5.83. The Kier molecular flexibility index (Phi) is 3.31. The van der Waals surface area contributed by atoms with Gasteiger partial charge in [0.05, 0.1) is 0 Å². The second-order valence-electron chi connectivity index (χ2n) is 4.33. The smallest absolute Gasteiger partial charge is 0.196 e. The molecule has 100 valence electrons. The van der Waals surface area contributed by atoms with Crippen molar-refractivity contribution in [3.05, 3.63) is 63.2 Å². The average Bonchev–Trinajstić information content (AvgIpc) is 2.86. The molecule has 0 aliphatic carbocycles. The van der Waals surface area contributed by atoms with Gasteiger partial charge in [-0.1, -0.05) is 12.1 Å². The number of rotatable bonds is 2. The summed E-state index contributed by atoms with van der Waals surface area (Å²) in [5.74, 6) is -0.727. The largest absolute Gasteiger partial charge is 0.398 e. The predicted molar refractivity (Wildman–Crippen MR) is 83.8 cm³/mol. The third-order valence-corrected chi connectivity index (χ3v) is 5.01. The molecule has 0 amide bonds. The van der Waals surface area contributed by atoms with Crippen molar-refractivity contribution in [2.45, 2.75) is 0 Å². The number of carbonyl (C=O) groups excluding carboxylic acids is 1. The zero-order valence-corrected chi connectivity index (χ0v) is 12.6. The molecule has 0 spiro atoms. The van der Waals surface area contributed by atoms with Crippen LogP contribution in [0, 0.1) is 5.82 Å². The molecule has 0 aliphatic heterocycles. The van der Waals surface area contributed by atoms with Crippen LogP contribution in [-0.4, -0.2) is 5.78 Å². The molecule has 1 heterocycles. The summed E-state index contributed by atoms with van der Waals surface area (Å²) >= 11 is 4.93. The van der Waals surface area contributed by atoms with Crippen molar-refractivity contribution in [3.63, 3.8) is 0 Å². The van der Waals surface area contributed by atoms with Gasteiger partial charge in [-0.3, -0.25) is 4.79 Å². The summed E-state index contributed by atoms with van der Waals surface area (Å²) in [6, 6.07) is 9.49. The molecule has 0 unspecified atom stereocenters. The molecule has 0 radical (unpaired) electrons. The number of nitrogens with two attached hydrogens (primary N) is 1. The summed E-state index contributed by atoms with van der Waals surface area (Å²) in [5.41, 5.74) is 6.80. The lowest BCUT2D eigenvalue weighted by Crippen LogP contribution is -2.05. The summed E-state index contributed by atoms with van der Waals surface area (Å²) in [6.45, 7) is 0. The molecule has 1 aromatic heterocycles. The normalized spacial score (nSPS) is 10.9. The maximum Gasteiger partial charge on any atom is 0.196 e. The van der Waals surface area contributed by atoms with Crippen molar-refractivity contribution in [2.24, 2.45) is 0 Å². The number of hydrogen-bond acceptors (Lipinski definition) is 3. The molecule has 0 fully saturated rings. The van der Waals surface area contributed by atoms with E-state index in [1.807, 2.05) is 18.2 Å². The zero-order chi connectivity index (χ0) is 14.3. The molecule has 0 saturated carbocycles. The second kappa shape index (κ2) is 5.00. The number of carbonyl (C=O) groups is 1. The van der Waals surface area contributed by atoms with E-state index in [1.54, 1.807) is 5.38 Å². The van der Waals surface area contributed by atoms with Gasteiger partial charge in [-0.25, -0.2) is 4.39 Å². The van der Waals surface area contributed by atoms with Crippen LogP contribution in [-0.2, 0) is 0 Å². The van der Waals surface area contributed by atoms with Gasteiger partial charge in [0.1, 0.15) is 5.82 Å². The number of nitrogen functional groups attached to an aromatic ring is 1. The molecule has 2 nitrogen and oxygen atoms in total. The minimum Gasteiger partial charge on any atom is -0.398 e. The number of hydrogen-bond donors (Lipinski definition) is 1. The number of halogens is 2. The number of fused-ring (bicyclic) bond motifs is 1. The van der Waals surface area contributed by atoms with Gasteiger partial charge in [0, 0.05) is 36.8 Å². The lowest BCUT2D eigenvalue weighted by atomic mass is 10.0. The molecule has 20 heavy (non-hydrogen) atoms. The Hall–Kier alpha value is -1.72. The van der Waals surface area contributed by atoms with Gasteiger partial charge in [-0.2, -0.15) is 0 Å². The van der Waals surface area contributed by atoms with Crippen LogP contribution < -0.4 is 5.73 Å². The standard InChI is InChI=1S/C15H9BrFNOS/c16-12-3-1-2-9-11(7-20-15(9)12)14(19)10-6-8(17)4-5-13(10)18/h1-7H,18H2. The van der Waals surface area contributed by atoms with Crippen LogP contribution in [0.25, 0.3) is 10.1 Å². The number of ketones is 1. The highest BCUT2D eigenvalue weighted by Crippen LogP contribution is 2.34. The Balaban J connectivity index is 2.18. The fourth-order valence-corrected chi connectivity index (χ4v) is 3.67. The van der Waals surface area contributed by atoms with Crippen LogP contribution in [0.5, 0.6) is 0 Å². The van der Waals surface area contributed by atoms with E-state index in [2.05, 4.69) is 15.9 Å². The van der Waals surface area contributed by atoms with E-state index < -0.39 is 5.82 Å². The van der Waals surface area contributed by atoms with E-state index in [0.717, 1.165) is 14.6 Å². The fourth-order valence-electron chi connectivity index (χ4n) is 2.07. The van der Waals surface area contributed by atoms with Crippen LogP contribution >= 0.6 is 27.3 Å². The molecule has 3 aromatic rings. The molecular weight excluding hydrogens is 341 g/mol. The molecule has 2 N–H and O–H groups in total. The quantitative estimate of drug-likeness (QED) is 0.542. The van der Waals surface area contributed by atoms with Gasteiger partial charge in [0.15, 0.2) is 5.78 Å². The van der Waals surface area contributed by atoms with E-state index in [0.29, 0.717) is 5.56 Å². The van der Waals surface area contributed by atoms with Gasteiger partial charge < -0.3 is 5.73 Å². The lowest BCUT2D eigenvalue weighted by Gasteiger charge is -2.04. The highest BCUT2D eigenvalue weighted by molar-refractivity contribution is 9.10. The Morgan fingerprint density at radius 3 is 2.80 bits per heavy atom. The summed E-state index contributed by atoms with van der Waals surface area (Å²) in [7, 11) is 0. The molecule has 3 rings (SSSR count). The maximum absolute atomic E-state index is 13.3. The van der Waals surface area contributed by atoms with E-state index in [4.69, 9.17) is 5.73 Å². The van der Waals surface area contributed by atoms with Crippen molar-refractivity contribution in [2.75, 3.05) is 5.73 Å². The maximum atomic E-state index is 13.3. The minimum absolute atomic E-state index is 0.199. The van der Waals surface area contributed by atoms with Gasteiger partial charge in [-0.15, -0.1) is 11.3 Å². The number of thiophene rings is 1. The first-order chi connectivity index (χ1) is 9.58. The summed E-state index contributed by atoms with van der Waals surface area (Å²) in [4.78, 5) is 12.6. The van der Waals surface area contributed by atoms with Crippen molar-refractivity contribution in [1.29, 1.82) is 0 Å². The molecule has 0 saturated heterocycles. The number of anilines is 1. The SMILES string of the molecule is Nc1ccc(F)cc1C(=O)c1csc2c(Br)cccc12. The van der Waals surface area contributed by atoms with Crippen molar-refractivity contribution >= 4 is 48.8 Å². The van der Waals surface area contributed by atoms with Gasteiger partial charge in [-0.05, 0) is 40.2 Å². The lowest BCUT2D eigenvalue weighted by molar-refractivity contribution is 0.104. The third-order valence-electron chi connectivity index (χ3n) is 3.06. The van der Waals surface area contributed by atoms with Crippen LogP contribution in [0.2, 0.25) is 0 Å². The molecule has 0 atom stereocenters. The molecule has 0 aliphatic rings. The zero-order valence-electron chi connectivity index (χ0n) is 10.2. The molecular formula is C15H9BrFNOS. The van der Waals surface area contributed by atoms with Gasteiger partial charge >= 0.3 is 0 Å². The van der Waals surface area contributed by atoms with Crippen LogP contribution in [0.4, 0.5) is 10.1 Å². The van der Waals surface area contributed by atoms with Crippen molar-refractivity contribution in [1.82, 2.24) is 0 Å². The monoisotopic (exact) mass is 349 g/mol. The molecule has 5 heteroatoms. The highest BCUT2D eigenvalue weighted by atomic mass is 79.9. The first-order valence-corrected chi connectivity index (χ1v) is 7.50. The fraction of sp³-hybridized carbons (Fsp3) is 0. The average molecular weight is 350 g/mol.